The first-order chi connectivity index (χ1) is 14.0. The second-order valence-electron chi connectivity index (χ2n) is 7.52. The number of aromatic nitrogens is 1. The van der Waals surface area contributed by atoms with Crippen molar-refractivity contribution in [3.05, 3.63) is 87.2 Å². The summed E-state index contributed by atoms with van der Waals surface area (Å²) in [6.07, 6.45) is 3.30. The van der Waals surface area contributed by atoms with Gasteiger partial charge in [-0.2, -0.15) is 0 Å². The molecule has 0 saturated heterocycles. The monoisotopic (exact) mass is 388 g/mol. The van der Waals surface area contributed by atoms with Crippen LogP contribution in [0.5, 0.6) is 5.75 Å². The fourth-order valence-electron chi connectivity index (χ4n) is 3.97. The lowest BCUT2D eigenvalue weighted by atomic mass is 9.89. The van der Waals surface area contributed by atoms with Crippen LogP contribution in [0.15, 0.2) is 59.5 Å². The highest BCUT2D eigenvalue weighted by Crippen LogP contribution is 2.38. The number of aryl methyl sites for hydroxylation is 1. The number of nitrogens with two attached hydrogens (primary N) is 1. The van der Waals surface area contributed by atoms with Crippen molar-refractivity contribution in [3.63, 3.8) is 0 Å². The van der Waals surface area contributed by atoms with E-state index in [-0.39, 0.29) is 17.0 Å². The molecule has 5 heteroatoms. The average molecular weight is 388 g/mol. The SMILES string of the molecule is CCC1Cc2cc(OCc3ccccc3)c(C)cc2-c2cc(=O)c(C(N)=O)cn21. The number of ether oxygens (including phenoxy) is 1. The third kappa shape index (κ3) is 3.56. The molecule has 0 spiro atoms. The molecule has 0 radical (unpaired) electrons. The highest BCUT2D eigenvalue weighted by molar-refractivity contribution is 5.92. The molecule has 5 nitrogen and oxygen atoms in total. The van der Waals surface area contributed by atoms with Crippen LogP contribution in [-0.2, 0) is 13.0 Å². The maximum absolute atomic E-state index is 12.4. The van der Waals surface area contributed by atoms with Crippen LogP contribution in [0.3, 0.4) is 0 Å². The second-order valence-corrected chi connectivity index (χ2v) is 7.52. The standard InChI is InChI=1S/C24H24N2O3/c1-3-18-10-17-11-23(29-14-16-7-5-4-6-8-16)15(2)9-19(17)21-12-22(27)20(24(25)28)13-26(18)21/h4-9,11-13,18H,3,10,14H2,1-2H3,(H2,25,28). The summed E-state index contributed by atoms with van der Waals surface area (Å²) in [6, 6.07) is 15.9. The molecular weight excluding hydrogens is 364 g/mol. The van der Waals surface area contributed by atoms with Gasteiger partial charge in [-0.15, -0.1) is 0 Å². The number of fused-ring (bicyclic) bond motifs is 3. The van der Waals surface area contributed by atoms with Crippen LogP contribution < -0.4 is 15.9 Å². The third-order valence-corrected chi connectivity index (χ3v) is 5.58. The summed E-state index contributed by atoms with van der Waals surface area (Å²) in [5.74, 6) is 0.166. The van der Waals surface area contributed by atoms with E-state index >= 15 is 0 Å². The van der Waals surface area contributed by atoms with Crippen LogP contribution in [0.4, 0.5) is 0 Å². The Balaban J connectivity index is 1.75. The highest BCUT2D eigenvalue weighted by atomic mass is 16.5. The molecule has 2 N–H and O–H groups in total. The van der Waals surface area contributed by atoms with Gasteiger partial charge < -0.3 is 15.0 Å². The van der Waals surface area contributed by atoms with Gasteiger partial charge in [0.1, 0.15) is 17.9 Å². The molecule has 1 aliphatic rings. The Bertz CT molecular complexity index is 1130. The number of nitrogens with zero attached hydrogens (tertiary/aromatic N) is 1. The number of pyridine rings is 1. The summed E-state index contributed by atoms with van der Waals surface area (Å²) >= 11 is 0. The third-order valence-electron chi connectivity index (χ3n) is 5.58. The Hall–Kier alpha value is -3.34. The molecule has 0 saturated carbocycles. The van der Waals surface area contributed by atoms with E-state index in [4.69, 9.17) is 10.5 Å². The number of carbonyl (C=O) groups is 1. The lowest BCUT2D eigenvalue weighted by molar-refractivity contribution is 0.0998. The van der Waals surface area contributed by atoms with Crippen LogP contribution in [-0.4, -0.2) is 10.5 Å². The highest BCUT2D eigenvalue weighted by Gasteiger charge is 2.25. The van der Waals surface area contributed by atoms with Crippen molar-refractivity contribution < 1.29 is 9.53 Å². The van der Waals surface area contributed by atoms with E-state index < -0.39 is 5.91 Å². The van der Waals surface area contributed by atoms with Crippen LogP contribution in [0.25, 0.3) is 11.3 Å². The topological polar surface area (TPSA) is 74.3 Å². The van der Waals surface area contributed by atoms with Gasteiger partial charge in [0.15, 0.2) is 5.43 Å². The van der Waals surface area contributed by atoms with E-state index in [0.29, 0.717) is 6.61 Å². The molecule has 0 fully saturated rings. The predicted molar refractivity (Wildman–Crippen MR) is 113 cm³/mol. The Labute approximate surface area is 169 Å². The first kappa shape index (κ1) is 19.0. The van der Waals surface area contributed by atoms with Crippen molar-refractivity contribution in [2.45, 2.75) is 39.3 Å². The van der Waals surface area contributed by atoms with E-state index in [1.807, 2.05) is 41.8 Å². The number of rotatable bonds is 5. The Morgan fingerprint density at radius 3 is 2.66 bits per heavy atom. The maximum Gasteiger partial charge on any atom is 0.254 e. The summed E-state index contributed by atoms with van der Waals surface area (Å²) in [7, 11) is 0. The van der Waals surface area contributed by atoms with Gasteiger partial charge in [0.05, 0.1) is 5.69 Å². The van der Waals surface area contributed by atoms with Crippen molar-refractivity contribution in [3.8, 4) is 17.0 Å². The zero-order valence-corrected chi connectivity index (χ0v) is 16.6. The number of hydrogen-bond acceptors (Lipinski definition) is 3. The first-order valence-electron chi connectivity index (χ1n) is 9.84. The average Bonchev–Trinajstić information content (AvgIpc) is 2.72. The molecule has 1 unspecified atom stereocenters. The smallest absolute Gasteiger partial charge is 0.254 e. The molecular formula is C24H24N2O3. The fourth-order valence-corrected chi connectivity index (χ4v) is 3.97. The fraction of sp³-hybridized carbons (Fsp3) is 0.250. The summed E-state index contributed by atoms with van der Waals surface area (Å²) in [4.78, 5) is 24.0. The molecule has 2 aromatic carbocycles. The van der Waals surface area contributed by atoms with E-state index in [0.717, 1.165) is 46.5 Å². The molecule has 4 rings (SSSR count). The lowest BCUT2D eigenvalue weighted by Gasteiger charge is -2.31. The molecule has 1 aliphatic heterocycles. The molecule has 1 aromatic heterocycles. The lowest BCUT2D eigenvalue weighted by Crippen LogP contribution is -2.27. The zero-order chi connectivity index (χ0) is 20.5. The van der Waals surface area contributed by atoms with Crippen LogP contribution in [0.1, 0.15) is 46.4 Å². The second kappa shape index (κ2) is 7.59. The van der Waals surface area contributed by atoms with Gasteiger partial charge in [0.25, 0.3) is 5.91 Å². The van der Waals surface area contributed by atoms with Gasteiger partial charge in [-0.1, -0.05) is 37.3 Å². The molecule has 0 bridgehead atoms. The molecule has 1 atom stereocenters. The maximum atomic E-state index is 12.4. The van der Waals surface area contributed by atoms with Crippen LogP contribution in [0.2, 0.25) is 0 Å². The van der Waals surface area contributed by atoms with Gasteiger partial charge in [0, 0.05) is 23.9 Å². The first-order valence-corrected chi connectivity index (χ1v) is 9.84. The number of benzene rings is 2. The van der Waals surface area contributed by atoms with Gasteiger partial charge in [-0.05, 0) is 48.6 Å². The molecule has 3 aromatic rings. The molecule has 148 valence electrons. The molecule has 1 amide bonds. The summed E-state index contributed by atoms with van der Waals surface area (Å²) < 4.78 is 8.11. The molecule has 29 heavy (non-hydrogen) atoms. The van der Waals surface area contributed by atoms with Crippen LogP contribution >= 0.6 is 0 Å². The minimum atomic E-state index is -0.688. The van der Waals surface area contributed by atoms with E-state index in [1.165, 1.54) is 6.07 Å². The quantitative estimate of drug-likeness (QED) is 0.718. The molecule has 2 heterocycles. The van der Waals surface area contributed by atoms with Crippen molar-refractivity contribution in [1.29, 1.82) is 0 Å². The van der Waals surface area contributed by atoms with Crippen molar-refractivity contribution >= 4 is 5.91 Å². The minimum absolute atomic E-state index is 0.0372. The van der Waals surface area contributed by atoms with Crippen molar-refractivity contribution in [2.24, 2.45) is 5.73 Å². The van der Waals surface area contributed by atoms with E-state index in [2.05, 4.69) is 19.1 Å². The Morgan fingerprint density at radius 2 is 1.97 bits per heavy atom. The Kier molecular flexibility index (Phi) is 4.97. The number of amides is 1. The van der Waals surface area contributed by atoms with E-state index in [9.17, 15) is 9.59 Å². The summed E-state index contributed by atoms with van der Waals surface area (Å²) in [5.41, 5.74) is 10.2. The van der Waals surface area contributed by atoms with Gasteiger partial charge in [-0.3, -0.25) is 9.59 Å². The minimum Gasteiger partial charge on any atom is -0.489 e. The number of carbonyl (C=O) groups excluding carboxylic acids is 1. The number of primary amides is 1. The Morgan fingerprint density at radius 1 is 1.21 bits per heavy atom. The van der Waals surface area contributed by atoms with Crippen LogP contribution in [0, 0.1) is 6.92 Å². The largest absolute Gasteiger partial charge is 0.489 e. The van der Waals surface area contributed by atoms with Gasteiger partial charge >= 0.3 is 0 Å². The van der Waals surface area contributed by atoms with Gasteiger partial charge in [0.2, 0.25) is 0 Å². The number of hydrogen-bond donors (Lipinski definition) is 1. The van der Waals surface area contributed by atoms with Gasteiger partial charge in [-0.25, -0.2) is 0 Å². The summed E-state index contributed by atoms with van der Waals surface area (Å²) in [6.45, 7) is 4.62. The molecule has 0 aliphatic carbocycles. The van der Waals surface area contributed by atoms with E-state index in [1.54, 1.807) is 6.20 Å². The van der Waals surface area contributed by atoms with Crippen molar-refractivity contribution in [2.75, 3.05) is 0 Å². The zero-order valence-electron chi connectivity index (χ0n) is 16.6. The predicted octanol–water partition coefficient (Wildman–Crippen LogP) is 4.01. The van der Waals surface area contributed by atoms with Crippen molar-refractivity contribution in [1.82, 2.24) is 4.57 Å². The normalized spacial score (nSPS) is 14.8. The summed E-state index contributed by atoms with van der Waals surface area (Å²) in [5, 5.41) is 0.